The Bertz CT molecular complexity index is 484. The van der Waals surface area contributed by atoms with E-state index in [9.17, 15) is 0 Å². The molecule has 0 unspecified atom stereocenters. The number of nitrogens with two attached hydrogens (primary N) is 1. The third-order valence-corrected chi connectivity index (χ3v) is 3.93. The number of benzene rings is 1. The second-order valence-corrected chi connectivity index (χ2v) is 4.96. The van der Waals surface area contributed by atoms with Gasteiger partial charge in [-0.15, -0.1) is 0 Å². The topological polar surface area (TPSA) is 51.8 Å². The Kier molecular flexibility index (Phi) is 2.75. The number of anilines is 1. The van der Waals surface area contributed by atoms with Crippen LogP contribution in [0.25, 0.3) is 11.4 Å². The molecule has 1 aromatic carbocycles. The van der Waals surface area contributed by atoms with Gasteiger partial charge >= 0.3 is 0 Å². The van der Waals surface area contributed by atoms with Gasteiger partial charge in [-0.3, -0.25) is 0 Å². The van der Waals surface area contributed by atoms with Crippen LogP contribution in [0.4, 0.5) is 5.13 Å². The van der Waals surface area contributed by atoms with E-state index in [0.717, 1.165) is 10.0 Å². The third kappa shape index (κ3) is 2.03. The quantitative estimate of drug-likeness (QED) is 0.875. The fourth-order valence-corrected chi connectivity index (χ4v) is 2.11. The number of aromatic nitrogens is 2. The zero-order valence-electron chi connectivity index (χ0n) is 8.41. The van der Waals surface area contributed by atoms with Crippen molar-refractivity contribution in [2.45, 2.75) is 13.8 Å². The van der Waals surface area contributed by atoms with Gasteiger partial charge in [0.2, 0.25) is 0 Å². The number of hydrogen-bond donors (Lipinski definition) is 1. The molecule has 0 amide bonds. The molecule has 0 fully saturated rings. The molecule has 78 valence electrons. The molecule has 2 rings (SSSR count). The van der Waals surface area contributed by atoms with Crippen LogP contribution in [0.2, 0.25) is 0 Å². The Morgan fingerprint density at radius 3 is 2.33 bits per heavy atom. The highest BCUT2D eigenvalue weighted by molar-refractivity contribution is 9.10. The van der Waals surface area contributed by atoms with Gasteiger partial charge in [-0.05, 0) is 37.1 Å². The van der Waals surface area contributed by atoms with Gasteiger partial charge in [0.05, 0.1) is 0 Å². The first kappa shape index (κ1) is 10.6. The van der Waals surface area contributed by atoms with Crippen molar-refractivity contribution in [1.29, 1.82) is 0 Å². The molecule has 0 aliphatic heterocycles. The minimum atomic E-state index is 0.503. The lowest BCUT2D eigenvalue weighted by Gasteiger charge is -2.04. The van der Waals surface area contributed by atoms with E-state index in [1.807, 2.05) is 0 Å². The summed E-state index contributed by atoms with van der Waals surface area (Å²) in [6.07, 6.45) is 0. The Balaban J connectivity index is 2.55. The lowest BCUT2D eigenvalue weighted by molar-refractivity contribution is 1.28. The number of hydrogen-bond acceptors (Lipinski definition) is 4. The van der Waals surface area contributed by atoms with Crippen molar-refractivity contribution >= 4 is 32.6 Å². The maximum Gasteiger partial charge on any atom is 0.200 e. The average molecular weight is 284 g/mol. The predicted octanol–water partition coefficient (Wildman–Crippen LogP) is 3.17. The number of aryl methyl sites for hydroxylation is 2. The van der Waals surface area contributed by atoms with Crippen LogP contribution >= 0.6 is 27.5 Å². The van der Waals surface area contributed by atoms with E-state index in [-0.39, 0.29) is 0 Å². The Labute approximate surface area is 101 Å². The second-order valence-electron chi connectivity index (χ2n) is 3.38. The maximum atomic E-state index is 5.56. The van der Waals surface area contributed by atoms with Crippen LogP contribution in [0.15, 0.2) is 16.6 Å². The Hall–Kier alpha value is -0.940. The zero-order chi connectivity index (χ0) is 11.0. The summed E-state index contributed by atoms with van der Waals surface area (Å²) in [7, 11) is 0. The van der Waals surface area contributed by atoms with Gasteiger partial charge in [0.15, 0.2) is 11.0 Å². The summed E-state index contributed by atoms with van der Waals surface area (Å²) in [5, 5.41) is 0.503. The highest BCUT2D eigenvalue weighted by atomic mass is 79.9. The van der Waals surface area contributed by atoms with E-state index in [1.165, 1.54) is 22.7 Å². The molecule has 0 spiro atoms. The zero-order valence-corrected chi connectivity index (χ0v) is 10.8. The summed E-state index contributed by atoms with van der Waals surface area (Å²) in [6.45, 7) is 4.10. The van der Waals surface area contributed by atoms with Crippen LogP contribution in [0.3, 0.4) is 0 Å². The molecule has 0 radical (unpaired) electrons. The van der Waals surface area contributed by atoms with Gasteiger partial charge in [-0.2, -0.15) is 9.36 Å². The third-order valence-electron chi connectivity index (χ3n) is 2.14. The molecular formula is C10H10BrN3S. The fraction of sp³-hybridized carbons (Fsp3) is 0.200. The Morgan fingerprint density at radius 2 is 1.87 bits per heavy atom. The van der Waals surface area contributed by atoms with Crippen LogP contribution in [0.5, 0.6) is 0 Å². The van der Waals surface area contributed by atoms with Crippen molar-refractivity contribution in [3.8, 4) is 11.4 Å². The molecule has 15 heavy (non-hydrogen) atoms. The van der Waals surface area contributed by atoms with Gasteiger partial charge in [0, 0.05) is 21.6 Å². The highest BCUT2D eigenvalue weighted by Crippen LogP contribution is 2.27. The van der Waals surface area contributed by atoms with E-state index in [2.05, 4.69) is 51.3 Å². The van der Waals surface area contributed by atoms with E-state index in [4.69, 9.17) is 5.73 Å². The molecule has 3 nitrogen and oxygen atoms in total. The SMILES string of the molecule is Cc1cc(-c2nsc(N)n2)cc(C)c1Br. The molecular weight excluding hydrogens is 274 g/mol. The molecule has 0 atom stereocenters. The van der Waals surface area contributed by atoms with Crippen molar-refractivity contribution in [1.82, 2.24) is 9.36 Å². The molecule has 5 heteroatoms. The van der Waals surface area contributed by atoms with Crippen molar-refractivity contribution in [3.05, 3.63) is 27.7 Å². The lowest BCUT2D eigenvalue weighted by Crippen LogP contribution is -1.88. The van der Waals surface area contributed by atoms with Crippen molar-refractivity contribution in [2.75, 3.05) is 5.73 Å². The van der Waals surface area contributed by atoms with Crippen LogP contribution in [0.1, 0.15) is 11.1 Å². The maximum absolute atomic E-state index is 5.56. The first-order valence-electron chi connectivity index (χ1n) is 4.44. The van der Waals surface area contributed by atoms with Crippen molar-refractivity contribution in [2.24, 2.45) is 0 Å². The number of rotatable bonds is 1. The number of nitrogen functional groups attached to an aromatic ring is 1. The van der Waals surface area contributed by atoms with Gasteiger partial charge in [-0.1, -0.05) is 15.9 Å². The molecule has 1 heterocycles. The van der Waals surface area contributed by atoms with E-state index in [1.54, 1.807) is 0 Å². The van der Waals surface area contributed by atoms with E-state index in [0.29, 0.717) is 11.0 Å². The lowest BCUT2D eigenvalue weighted by atomic mass is 10.1. The highest BCUT2D eigenvalue weighted by Gasteiger charge is 2.08. The van der Waals surface area contributed by atoms with Crippen molar-refractivity contribution in [3.63, 3.8) is 0 Å². The minimum Gasteiger partial charge on any atom is -0.374 e. The largest absolute Gasteiger partial charge is 0.374 e. The summed E-state index contributed by atoms with van der Waals surface area (Å²) in [4.78, 5) is 4.16. The van der Waals surface area contributed by atoms with Crippen LogP contribution in [0, 0.1) is 13.8 Å². The van der Waals surface area contributed by atoms with E-state index >= 15 is 0 Å². The van der Waals surface area contributed by atoms with Gasteiger partial charge in [0.1, 0.15) is 0 Å². The fourth-order valence-electron chi connectivity index (χ4n) is 1.43. The molecule has 0 saturated heterocycles. The van der Waals surface area contributed by atoms with Crippen LogP contribution < -0.4 is 5.73 Å². The summed E-state index contributed by atoms with van der Waals surface area (Å²) < 4.78 is 5.32. The van der Waals surface area contributed by atoms with Gasteiger partial charge < -0.3 is 5.73 Å². The summed E-state index contributed by atoms with van der Waals surface area (Å²) in [6, 6.07) is 4.11. The van der Waals surface area contributed by atoms with Crippen molar-refractivity contribution < 1.29 is 0 Å². The van der Waals surface area contributed by atoms with Crippen LogP contribution in [-0.2, 0) is 0 Å². The first-order valence-corrected chi connectivity index (χ1v) is 6.01. The second kappa shape index (κ2) is 3.90. The molecule has 0 aliphatic carbocycles. The smallest absolute Gasteiger partial charge is 0.200 e. The molecule has 0 aliphatic rings. The molecule has 2 N–H and O–H groups in total. The number of nitrogens with zero attached hydrogens (tertiary/aromatic N) is 2. The summed E-state index contributed by atoms with van der Waals surface area (Å²) in [5.74, 6) is 0.705. The monoisotopic (exact) mass is 283 g/mol. The summed E-state index contributed by atoms with van der Waals surface area (Å²) >= 11 is 4.75. The Morgan fingerprint density at radius 1 is 1.27 bits per heavy atom. The van der Waals surface area contributed by atoms with Gasteiger partial charge in [0.25, 0.3) is 0 Å². The molecule has 1 aromatic heterocycles. The predicted molar refractivity (Wildman–Crippen MR) is 66.9 cm³/mol. The minimum absolute atomic E-state index is 0.503. The van der Waals surface area contributed by atoms with E-state index < -0.39 is 0 Å². The average Bonchev–Trinajstić information content (AvgIpc) is 2.60. The molecule has 0 saturated carbocycles. The normalized spacial score (nSPS) is 10.6. The standard InChI is InChI=1S/C10H10BrN3S/c1-5-3-7(4-6(2)8(5)11)9-13-10(12)15-14-9/h3-4H,1-2H3,(H2,12,13,14). The van der Waals surface area contributed by atoms with Gasteiger partial charge in [-0.25, -0.2) is 0 Å². The molecule has 0 bridgehead atoms. The molecule has 2 aromatic rings. The summed E-state index contributed by atoms with van der Waals surface area (Å²) in [5.41, 5.74) is 8.93. The number of halogens is 1. The van der Waals surface area contributed by atoms with Crippen LogP contribution in [-0.4, -0.2) is 9.36 Å². The first-order chi connectivity index (χ1) is 7.08.